The van der Waals surface area contributed by atoms with Gasteiger partial charge in [0.1, 0.15) is 6.54 Å². The van der Waals surface area contributed by atoms with Crippen molar-refractivity contribution in [1.82, 2.24) is 14.9 Å². The average Bonchev–Trinajstić information content (AvgIpc) is 3.32. The highest BCUT2D eigenvalue weighted by Gasteiger charge is 2.11. The number of carbonyl (C=O) groups is 1. The predicted octanol–water partition coefficient (Wildman–Crippen LogP) is 3.95. The Morgan fingerprint density at radius 1 is 1.21 bits per heavy atom. The van der Waals surface area contributed by atoms with Crippen LogP contribution >= 0.6 is 0 Å². The molecule has 0 aliphatic carbocycles. The van der Waals surface area contributed by atoms with E-state index in [0.717, 1.165) is 23.7 Å². The quantitative estimate of drug-likeness (QED) is 0.370. The molecular weight excluding hydrogens is 368 g/mol. The van der Waals surface area contributed by atoms with E-state index in [1.807, 2.05) is 6.20 Å². The number of nitrogens with zero attached hydrogens (tertiary/aromatic N) is 2. The van der Waals surface area contributed by atoms with Gasteiger partial charge in [-0.3, -0.25) is 14.9 Å². The molecule has 2 N–H and O–H groups in total. The van der Waals surface area contributed by atoms with E-state index in [1.54, 1.807) is 22.9 Å². The van der Waals surface area contributed by atoms with E-state index >= 15 is 0 Å². The summed E-state index contributed by atoms with van der Waals surface area (Å²) in [5.41, 5.74) is 4.50. The Balaban J connectivity index is 1.38. The number of benzene rings is 2. The molecule has 0 bridgehead atoms. The summed E-state index contributed by atoms with van der Waals surface area (Å²) in [6.45, 7) is 2.86. The van der Waals surface area contributed by atoms with Crippen LogP contribution < -0.4 is 5.32 Å². The number of nitro benzene ring substituents is 1. The van der Waals surface area contributed by atoms with Crippen molar-refractivity contribution < 1.29 is 9.72 Å². The molecule has 2 heterocycles. The van der Waals surface area contributed by atoms with Crippen molar-refractivity contribution in [2.45, 2.75) is 26.3 Å². The Bertz CT molecular complexity index is 1210. The first-order chi connectivity index (χ1) is 14.1. The molecule has 0 saturated carbocycles. The molecule has 2 aromatic carbocycles. The van der Waals surface area contributed by atoms with Gasteiger partial charge in [-0.25, -0.2) is 0 Å². The van der Waals surface area contributed by atoms with Gasteiger partial charge in [0.05, 0.1) is 4.92 Å². The lowest BCUT2D eigenvalue weighted by atomic mass is 10.1. The molecule has 0 atom stereocenters. The minimum atomic E-state index is -0.419. The number of fused-ring (bicyclic) bond motifs is 2. The van der Waals surface area contributed by atoms with Gasteiger partial charge in [-0.1, -0.05) is 25.1 Å². The number of nitrogens with one attached hydrogen (secondary N) is 2. The van der Waals surface area contributed by atoms with Crippen LogP contribution in [-0.2, 0) is 24.2 Å². The smallest absolute Gasteiger partial charge is 0.270 e. The molecule has 0 radical (unpaired) electrons. The van der Waals surface area contributed by atoms with E-state index in [9.17, 15) is 14.9 Å². The standard InChI is InChI=1S/C22H22N4O3/c1-2-15-4-3-5-19-17(13-24-22(15)19)8-10-23-21(27)14-25-11-9-16-12-18(26(28)29)6-7-20(16)25/h3-7,9,11-13,24H,2,8,10,14H2,1H3,(H,23,27). The summed E-state index contributed by atoms with van der Waals surface area (Å²) in [7, 11) is 0. The first-order valence-electron chi connectivity index (χ1n) is 9.64. The molecule has 7 heteroatoms. The second kappa shape index (κ2) is 7.79. The fourth-order valence-corrected chi connectivity index (χ4v) is 3.76. The Hall–Kier alpha value is -3.61. The third-order valence-electron chi connectivity index (χ3n) is 5.26. The first-order valence-corrected chi connectivity index (χ1v) is 9.64. The number of hydrogen-bond acceptors (Lipinski definition) is 3. The summed E-state index contributed by atoms with van der Waals surface area (Å²) in [4.78, 5) is 26.2. The normalized spacial score (nSPS) is 11.2. The zero-order valence-corrected chi connectivity index (χ0v) is 16.1. The van der Waals surface area contributed by atoms with Crippen LogP contribution in [-0.4, -0.2) is 26.9 Å². The van der Waals surface area contributed by atoms with E-state index in [2.05, 4.69) is 35.4 Å². The minimum Gasteiger partial charge on any atom is -0.361 e. The molecule has 7 nitrogen and oxygen atoms in total. The second-order valence-corrected chi connectivity index (χ2v) is 7.05. The molecule has 0 spiro atoms. The van der Waals surface area contributed by atoms with Crippen LogP contribution in [0.4, 0.5) is 5.69 Å². The number of aromatic nitrogens is 2. The number of amides is 1. The van der Waals surface area contributed by atoms with Gasteiger partial charge in [0.15, 0.2) is 0 Å². The average molecular weight is 390 g/mol. The lowest BCUT2D eigenvalue weighted by molar-refractivity contribution is -0.384. The molecule has 148 valence electrons. The number of hydrogen-bond donors (Lipinski definition) is 2. The molecule has 0 saturated heterocycles. The van der Waals surface area contributed by atoms with E-state index in [0.29, 0.717) is 6.54 Å². The van der Waals surface area contributed by atoms with Crippen molar-refractivity contribution in [1.29, 1.82) is 0 Å². The molecule has 4 rings (SSSR count). The van der Waals surface area contributed by atoms with Crippen molar-refractivity contribution in [2.75, 3.05) is 6.54 Å². The third kappa shape index (κ3) is 3.71. The molecular formula is C22H22N4O3. The summed E-state index contributed by atoms with van der Waals surface area (Å²) in [5.74, 6) is -0.0880. The minimum absolute atomic E-state index is 0.0460. The molecule has 1 amide bonds. The molecule has 2 aromatic heterocycles. The molecule has 0 unspecified atom stereocenters. The Labute approximate surface area is 167 Å². The lowest BCUT2D eigenvalue weighted by Gasteiger charge is -2.07. The van der Waals surface area contributed by atoms with Gasteiger partial charge >= 0.3 is 0 Å². The van der Waals surface area contributed by atoms with Gasteiger partial charge in [0.2, 0.25) is 5.91 Å². The van der Waals surface area contributed by atoms with Gasteiger partial charge in [0.25, 0.3) is 5.69 Å². The van der Waals surface area contributed by atoms with Crippen molar-refractivity contribution in [2.24, 2.45) is 0 Å². The molecule has 0 aliphatic heterocycles. The number of para-hydroxylation sites is 1. The molecule has 0 fully saturated rings. The molecule has 0 aliphatic rings. The largest absolute Gasteiger partial charge is 0.361 e. The number of rotatable bonds is 7. The first kappa shape index (κ1) is 18.7. The zero-order chi connectivity index (χ0) is 20.4. The number of aromatic amines is 1. The third-order valence-corrected chi connectivity index (χ3v) is 5.26. The maximum absolute atomic E-state index is 12.4. The number of carbonyl (C=O) groups excluding carboxylic acids is 1. The topological polar surface area (TPSA) is 93.0 Å². The Morgan fingerprint density at radius 3 is 2.86 bits per heavy atom. The maximum atomic E-state index is 12.4. The van der Waals surface area contributed by atoms with Gasteiger partial charge in [-0.05, 0) is 36.1 Å². The highest BCUT2D eigenvalue weighted by Crippen LogP contribution is 2.23. The fraction of sp³-hybridized carbons (Fsp3) is 0.227. The van der Waals surface area contributed by atoms with Crippen molar-refractivity contribution in [3.63, 3.8) is 0 Å². The Kier molecular flexibility index (Phi) is 5.03. The van der Waals surface area contributed by atoms with Crippen LogP contribution in [0.25, 0.3) is 21.8 Å². The summed E-state index contributed by atoms with van der Waals surface area (Å²) in [6.07, 6.45) is 5.52. The summed E-state index contributed by atoms with van der Waals surface area (Å²) >= 11 is 0. The number of H-pyrrole nitrogens is 1. The molecule has 29 heavy (non-hydrogen) atoms. The van der Waals surface area contributed by atoms with Crippen molar-refractivity contribution >= 4 is 33.4 Å². The van der Waals surface area contributed by atoms with Crippen LogP contribution in [0, 0.1) is 10.1 Å². The van der Waals surface area contributed by atoms with E-state index in [1.165, 1.54) is 34.2 Å². The zero-order valence-electron chi connectivity index (χ0n) is 16.1. The van der Waals surface area contributed by atoms with Crippen LogP contribution in [0.15, 0.2) is 54.9 Å². The van der Waals surface area contributed by atoms with Crippen LogP contribution in [0.5, 0.6) is 0 Å². The number of non-ortho nitro benzene ring substituents is 1. The summed E-state index contributed by atoms with van der Waals surface area (Å²) in [6, 6.07) is 12.7. The fourth-order valence-electron chi connectivity index (χ4n) is 3.76. The molecule has 4 aromatic rings. The monoisotopic (exact) mass is 390 g/mol. The number of nitro groups is 1. The highest BCUT2D eigenvalue weighted by atomic mass is 16.6. The lowest BCUT2D eigenvalue weighted by Crippen LogP contribution is -2.29. The number of aryl methyl sites for hydroxylation is 1. The van der Waals surface area contributed by atoms with Crippen molar-refractivity contribution in [3.8, 4) is 0 Å². The summed E-state index contributed by atoms with van der Waals surface area (Å²) in [5, 5.41) is 15.8. The second-order valence-electron chi connectivity index (χ2n) is 7.05. The van der Waals surface area contributed by atoms with Crippen molar-refractivity contribution in [3.05, 3.63) is 76.1 Å². The summed E-state index contributed by atoms with van der Waals surface area (Å²) < 4.78 is 1.80. The predicted molar refractivity (Wildman–Crippen MR) is 113 cm³/mol. The Morgan fingerprint density at radius 2 is 2.07 bits per heavy atom. The highest BCUT2D eigenvalue weighted by molar-refractivity contribution is 5.86. The van der Waals surface area contributed by atoms with Crippen LogP contribution in [0.3, 0.4) is 0 Å². The van der Waals surface area contributed by atoms with Crippen LogP contribution in [0.2, 0.25) is 0 Å². The van der Waals surface area contributed by atoms with E-state index in [4.69, 9.17) is 0 Å². The van der Waals surface area contributed by atoms with Gasteiger partial charge < -0.3 is 14.9 Å². The maximum Gasteiger partial charge on any atom is 0.270 e. The van der Waals surface area contributed by atoms with Crippen LogP contribution in [0.1, 0.15) is 18.1 Å². The van der Waals surface area contributed by atoms with Gasteiger partial charge in [-0.2, -0.15) is 0 Å². The van der Waals surface area contributed by atoms with Gasteiger partial charge in [0, 0.05) is 52.9 Å². The SMILES string of the molecule is CCc1cccc2c(CCNC(=O)Cn3ccc4cc([N+](=O)[O-])ccc43)c[nH]c12. The van der Waals surface area contributed by atoms with E-state index < -0.39 is 4.92 Å². The van der Waals surface area contributed by atoms with E-state index in [-0.39, 0.29) is 18.1 Å². The van der Waals surface area contributed by atoms with Gasteiger partial charge in [-0.15, -0.1) is 0 Å².